The number of ether oxygens (including phenoxy) is 1. The van der Waals surface area contributed by atoms with Crippen molar-refractivity contribution in [3.05, 3.63) is 70.0 Å². The van der Waals surface area contributed by atoms with E-state index in [-0.39, 0.29) is 11.9 Å². The average Bonchev–Trinajstić information content (AvgIpc) is 3.50. The Morgan fingerprint density at radius 1 is 1.18 bits per heavy atom. The maximum Gasteiger partial charge on any atom is 0.291 e. The second-order valence-corrected chi connectivity index (χ2v) is 10.4. The number of furan rings is 1. The van der Waals surface area contributed by atoms with Crippen molar-refractivity contribution in [1.82, 2.24) is 4.90 Å². The van der Waals surface area contributed by atoms with Crippen molar-refractivity contribution in [3.63, 3.8) is 0 Å². The third-order valence-electron chi connectivity index (χ3n) is 7.05. The Labute approximate surface area is 199 Å². The van der Waals surface area contributed by atoms with Crippen LogP contribution in [-0.2, 0) is 12.8 Å². The number of hydrogen-bond donors (Lipinski definition) is 1. The Kier molecular flexibility index (Phi) is 6.56. The number of methoxy groups -OCH3 is 1. The molecule has 0 unspecified atom stereocenters. The number of nitrogens with one attached hydrogen (secondary N) is 1. The topological polar surface area (TPSA) is 54.7 Å². The summed E-state index contributed by atoms with van der Waals surface area (Å²) in [6, 6.07) is 12.0. The first-order valence-electron chi connectivity index (χ1n) is 12.0. The quantitative estimate of drug-likeness (QED) is 0.465. The van der Waals surface area contributed by atoms with Crippen LogP contribution < -0.4 is 10.1 Å². The molecule has 5 rings (SSSR count). The van der Waals surface area contributed by atoms with Gasteiger partial charge >= 0.3 is 0 Å². The number of rotatable bonds is 6. The number of amides is 1. The summed E-state index contributed by atoms with van der Waals surface area (Å²) in [4.78, 5) is 17.0. The average molecular weight is 465 g/mol. The summed E-state index contributed by atoms with van der Waals surface area (Å²) in [6.07, 6.45) is 8.51. The predicted octanol–water partition coefficient (Wildman–Crippen LogP) is 6.30. The zero-order valence-corrected chi connectivity index (χ0v) is 20.2. The Bertz CT molecular complexity index is 1100. The summed E-state index contributed by atoms with van der Waals surface area (Å²) < 4.78 is 11.0. The van der Waals surface area contributed by atoms with Gasteiger partial charge in [0, 0.05) is 10.4 Å². The van der Waals surface area contributed by atoms with Crippen molar-refractivity contribution in [1.29, 1.82) is 0 Å². The molecule has 6 heteroatoms. The van der Waals surface area contributed by atoms with Crippen LogP contribution in [0.3, 0.4) is 0 Å². The van der Waals surface area contributed by atoms with Crippen molar-refractivity contribution < 1.29 is 13.9 Å². The maximum absolute atomic E-state index is 13.0. The minimum atomic E-state index is -0.184. The monoisotopic (exact) mass is 464 g/mol. The molecule has 0 bridgehead atoms. The number of aryl methyl sites for hydroxylation is 1. The SMILES string of the molecule is COc1cccc([C@H](c2c(NC(=O)c3ccco3)sc3c2CCCC3)N2CCC(C)CC2)c1. The Hall–Kier alpha value is -2.57. The number of likely N-dealkylation sites (tertiary alicyclic amines) is 1. The van der Waals surface area contributed by atoms with Crippen LogP contribution in [0.5, 0.6) is 5.75 Å². The first kappa shape index (κ1) is 22.2. The highest BCUT2D eigenvalue weighted by molar-refractivity contribution is 7.16. The lowest BCUT2D eigenvalue weighted by Gasteiger charge is -2.38. The summed E-state index contributed by atoms with van der Waals surface area (Å²) in [7, 11) is 1.72. The molecular formula is C27H32N2O3S. The van der Waals surface area contributed by atoms with Gasteiger partial charge in [0.05, 0.1) is 19.4 Å². The molecule has 3 aromatic rings. The van der Waals surface area contributed by atoms with Gasteiger partial charge in [0.25, 0.3) is 5.91 Å². The van der Waals surface area contributed by atoms with Crippen LogP contribution >= 0.6 is 11.3 Å². The molecule has 1 N–H and O–H groups in total. The van der Waals surface area contributed by atoms with Gasteiger partial charge in [0.1, 0.15) is 10.8 Å². The highest BCUT2D eigenvalue weighted by Gasteiger charge is 2.34. The molecule has 2 aromatic heterocycles. The van der Waals surface area contributed by atoms with E-state index in [4.69, 9.17) is 9.15 Å². The van der Waals surface area contributed by atoms with Crippen molar-refractivity contribution in [2.45, 2.75) is 51.5 Å². The zero-order chi connectivity index (χ0) is 22.8. The Balaban J connectivity index is 1.61. The van der Waals surface area contributed by atoms with Gasteiger partial charge < -0.3 is 14.5 Å². The molecule has 1 fully saturated rings. The van der Waals surface area contributed by atoms with Crippen molar-refractivity contribution in [3.8, 4) is 5.75 Å². The number of anilines is 1. The molecule has 1 saturated heterocycles. The molecule has 0 saturated carbocycles. The number of piperidine rings is 1. The van der Waals surface area contributed by atoms with Crippen LogP contribution in [0.15, 0.2) is 47.1 Å². The lowest BCUT2D eigenvalue weighted by molar-refractivity contribution is 0.0996. The van der Waals surface area contributed by atoms with E-state index in [1.807, 2.05) is 6.07 Å². The van der Waals surface area contributed by atoms with Gasteiger partial charge in [-0.05, 0) is 92.9 Å². The molecule has 1 aliphatic heterocycles. The van der Waals surface area contributed by atoms with Crippen molar-refractivity contribution in [2.24, 2.45) is 5.92 Å². The summed E-state index contributed by atoms with van der Waals surface area (Å²) in [5.41, 5.74) is 3.94. The minimum Gasteiger partial charge on any atom is -0.497 e. The first-order valence-corrected chi connectivity index (χ1v) is 12.8. The Morgan fingerprint density at radius 3 is 2.76 bits per heavy atom. The molecule has 2 aliphatic rings. The summed E-state index contributed by atoms with van der Waals surface area (Å²) in [5.74, 6) is 1.78. The van der Waals surface area contributed by atoms with Crippen LogP contribution in [0.4, 0.5) is 5.00 Å². The normalized spacial score (nSPS) is 18.0. The van der Waals surface area contributed by atoms with Crippen LogP contribution in [0.1, 0.15) is 70.8 Å². The lowest BCUT2D eigenvalue weighted by Crippen LogP contribution is -2.37. The fourth-order valence-corrected chi connectivity index (χ4v) is 6.52. The molecule has 1 aliphatic carbocycles. The third kappa shape index (κ3) is 4.59. The molecule has 3 heterocycles. The highest BCUT2D eigenvalue weighted by atomic mass is 32.1. The van der Waals surface area contributed by atoms with E-state index in [0.29, 0.717) is 5.76 Å². The first-order chi connectivity index (χ1) is 16.1. The molecule has 1 amide bonds. The fraction of sp³-hybridized carbons (Fsp3) is 0.444. The van der Waals surface area contributed by atoms with Gasteiger partial charge in [-0.1, -0.05) is 19.1 Å². The zero-order valence-electron chi connectivity index (χ0n) is 19.4. The number of nitrogens with zero attached hydrogens (tertiary/aromatic N) is 1. The number of benzene rings is 1. The van der Waals surface area contributed by atoms with E-state index in [1.165, 1.54) is 47.3 Å². The second-order valence-electron chi connectivity index (χ2n) is 9.28. The smallest absolute Gasteiger partial charge is 0.291 e. The molecule has 1 aromatic carbocycles. The number of carbonyl (C=O) groups excluding carboxylic acids is 1. The molecule has 0 radical (unpaired) electrons. The summed E-state index contributed by atoms with van der Waals surface area (Å²) >= 11 is 1.75. The Morgan fingerprint density at radius 2 is 2.00 bits per heavy atom. The van der Waals surface area contributed by atoms with Gasteiger partial charge in [-0.3, -0.25) is 9.69 Å². The molecule has 5 nitrogen and oxygen atoms in total. The van der Waals surface area contributed by atoms with Gasteiger partial charge in [-0.15, -0.1) is 11.3 Å². The number of thiophene rings is 1. The minimum absolute atomic E-state index is 0.0950. The van der Waals surface area contributed by atoms with Crippen LogP contribution in [0, 0.1) is 5.92 Å². The fourth-order valence-electron chi connectivity index (χ4n) is 5.20. The number of fused-ring (bicyclic) bond motifs is 1. The van der Waals surface area contributed by atoms with Crippen LogP contribution in [0.2, 0.25) is 0 Å². The van der Waals surface area contributed by atoms with Gasteiger partial charge in [0.15, 0.2) is 5.76 Å². The molecule has 0 spiro atoms. The highest BCUT2D eigenvalue weighted by Crippen LogP contribution is 2.46. The van der Waals surface area contributed by atoms with Crippen molar-refractivity contribution >= 4 is 22.2 Å². The van der Waals surface area contributed by atoms with E-state index >= 15 is 0 Å². The number of hydrogen-bond acceptors (Lipinski definition) is 5. The maximum atomic E-state index is 13.0. The molecule has 33 heavy (non-hydrogen) atoms. The standard InChI is InChI=1S/C27H32N2O3S/c1-18-12-14-29(15-13-18)25(19-7-5-8-20(17-19)31-2)24-21-9-3-4-11-23(21)33-27(24)28-26(30)22-10-6-16-32-22/h5-8,10,16-18,25H,3-4,9,11-15H2,1-2H3,(H,28,30)/t25-/m1/s1. The third-order valence-corrected chi connectivity index (χ3v) is 8.27. The van der Waals surface area contributed by atoms with E-state index < -0.39 is 0 Å². The van der Waals surface area contributed by atoms with E-state index in [0.717, 1.165) is 42.6 Å². The van der Waals surface area contributed by atoms with E-state index in [1.54, 1.807) is 36.8 Å². The van der Waals surface area contributed by atoms with Gasteiger partial charge in [-0.2, -0.15) is 0 Å². The van der Waals surface area contributed by atoms with Gasteiger partial charge in [-0.25, -0.2) is 0 Å². The number of carbonyl (C=O) groups is 1. The van der Waals surface area contributed by atoms with Crippen molar-refractivity contribution in [2.75, 3.05) is 25.5 Å². The largest absolute Gasteiger partial charge is 0.497 e. The second kappa shape index (κ2) is 9.74. The molecule has 174 valence electrons. The predicted molar refractivity (Wildman–Crippen MR) is 132 cm³/mol. The van der Waals surface area contributed by atoms with E-state index in [2.05, 4.69) is 35.3 Å². The van der Waals surface area contributed by atoms with Crippen LogP contribution in [0.25, 0.3) is 0 Å². The molecular weight excluding hydrogens is 432 g/mol. The van der Waals surface area contributed by atoms with E-state index in [9.17, 15) is 4.79 Å². The lowest BCUT2D eigenvalue weighted by atomic mass is 9.87. The molecule has 1 atom stereocenters. The summed E-state index contributed by atoms with van der Waals surface area (Å²) in [6.45, 7) is 4.46. The summed E-state index contributed by atoms with van der Waals surface area (Å²) in [5, 5.41) is 4.19. The van der Waals surface area contributed by atoms with Crippen LogP contribution in [-0.4, -0.2) is 31.0 Å². The van der Waals surface area contributed by atoms with Gasteiger partial charge in [0.2, 0.25) is 0 Å².